The Hall–Kier alpha value is -0.870. The van der Waals surface area contributed by atoms with Crippen molar-refractivity contribution in [1.82, 2.24) is 15.2 Å². The molecule has 2 heterocycles. The molecule has 1 aromatic rings. The van der Waals surface area contributed by atoms with E-state index in [0.29, 0.717) is 12.0 Å². The number of oxazole rings is 1. The summed E-state index contributed by atoms with van der Waals surface area (Å²) in [5, 5.41) is 3.63. The molecule has 108 valence electrons. The molecule has 0 amide bonds. The van der Waals surface area contributed by atoms with Gasteiger partial charge in [0.25, 0.3) is 0 Å². The van der Waals surface area contributed by atoms with Crippen molar-refractivity contribution < 1.29 is 4.42 Å². The van der Waals surface area contributed by atoms with Crippen molar-refractivity contribution in [3.05, 3.63) is 17.3 Å². The lowest BCUT2D eigenvalue weighted by Gasteiger charge is -2.45. The Morgan fingerprint density at radius 2 is 2.11 bits per heavy atom. The summed E-state index contributed by atoms with van der Waals surface area (Å²) < 4.78 is 5.74. The first-order valence-electron chi connectivity index (χ1n) is 7.20. The average Bonchev–Trinajstić information content (AvgIpc) is 2.56. The zero-order valence-corrected chi connectivity index (χ0v) is 13.1. The maximum absolute atomic E-state index is 5.74. The van der Waals surface area contributed by atoms with Crippen molar-refractivity contribution in [3.63, 3.8) is 0 Å². The Kier molecular flexibility index (Phi) is 4.02. The van der Waals surface area contributed by atoms with Gasteiger partial charge in [0.1, 0.15) is 5.76 Å². The number of aryl methyl sites for hydroxylation is 2. The molecule has 1 aliphatic rings. The second-order valence-electron chi connectivity index (χ2n) is 6.73. The van der Waals surface area contributed by atoms with Gasteiger partial charge < -0.3 is 9.73 Å². The molecule has 0 aromatic carbocycles. The number of hydrogen-bond donors (Lipinski definition) is 1. The van der Waals surface area contributed by atoms with Crippen LogP contribution in [0.15, 0.2) is 4.42 Å². The Labute approximate surface area is 116 Å². The zero-order chi connectivity index (χ0) is 14.2. The molecule has 1 fully saturated rings. The molecule has 1 N–H and O–H groups in total. The second-order valence-corrected chi connectivity index (χ2v) is 6.73. The summed E-state index contributed by atoms with van der Waals surface area (Å²) in [6.45, 7) is 15.9. The molecule has 4 heteroatoms. The van der Waals surface area contributed by atoms with Crippen LogP contribution in [0.5, 0.6) is 0 Å². The molecule has 2 rings (SSSR count). The van der Waals surface area contributed by atoms with Crippen molar-refractivity contribution >= 4 is 0 Å². The van der Waals surface area contributed by atoms with Gasteiger partial charge in [-0.1, -0.05) is 13.8 Å². The SMILES string of the molecule is Cc1nc(CN2CC(C)(C)NCC2C(C)C)oc1C. The van der Waals surface area contributed by atoms with Crippen LogP contribution in [0.2, 0.25) is 0 Å². The van der Waals surface area contributed by atoms with Gasteiger partial charge >= 0.3 is 0 Å². The van der Waals surface area contributed by atoms with E-state index in [2.05, 4.69) is 42.9 Å². The van der Waals surface area contributed by atoms with Crippen molar-refractivity contribution in [1.29, 1.82) is 0 Å². The van der Waals surface area contributed by atoms with Crippen LogP contribution in [0.25, 0.3) is 0 Å². The molecule has 1 aliphatic heterocycles. The Morgan fingerprint density at radius 3 is 2.63 bits per heavy atom. The van der Waals surface area contributed by atoms with E-state index in [1.807, 2.05) is 13.8 Å². The number of aromatic nitrogens is 1. The highest BCUT2D eigenvalue weighted by atomic mass is 16.4. The third kappa shape index (κ3) is 3.37. The number of nitrogens with zero attached hydrogens (tertiary/aromatic N) is 2. The fourth-order valence-electron chi connectivity index (χ4n) is 2.80. The molecule has 19 heavy (non-hydrogen) atoms. The highest BCUT2D eigenvalue weighted by molar-refractivity contribution is 5.06. The van der Waals surface area contributed by atoms with E-state index in [1.54, 1.807) is 0 Å². The second kappa shape index (κ2) is 5.25. The molecule has 0 saturated carbocycles. The minimum Gasteiger partial charge on any atom is -0.444 e. The predicted molar refractivity (Wildman–Crippen MR) is 77.1 cm³/mol. The van der Waals surface area contributed by atoms with Crippen molar-refractivity contribution in [2.75, 3.05) is 13.1 Å². The van der Waals surface area contributed by atoms with E-state index in [9.17, 15) is 0 Å². The molecule has 0 spiro atoms. The monoisotopic (exact) mass is 265 g/mol. The van der Waals surface area contributed by atoms with Crippen LogP contribution in [-0.4, -0.2) is 34.6 Å². The average molecular weight is 265 g/mol. The van der Waals surface area contributed by atoms with Gasteiger partial charge in [0, 0.05) is 24.7 Å². The van der Waals surface area contributed by atoms with E-state index >= 15 is 0 Å². The summed E-state index contributed by atoms with van der Waals surface area (Å²) in [6, 6.07) is 0.542. The van der Waals surface area contributed by atoms with Crippen LogP contribution in [0.4, 0.5) is 0 Å². The summed E-state index contributed by atoms with van der Waals surface area (Å²) >= 11 is 0. The first kappa shape index (κ1) is 14.5. The molecule has 0 bridgehead atoms. The van der Waals surface area contributed by atoms with Crippen molar-refractivity contribution in [2.45, 2.75) is 59.7 Å². The van der Waals surface area contributed by atoms with E-state index in [4.69, 9.17) is 4.42 Å². The third-order valence-electron chi connectivity index (χ3n) is 4.04. The van der Waals surface area contributed by atoms with Crippen LogP contribution in [-0.2, 0) is 6.54 Å². The number of piperazine rings is 1. The van der Waals surface area contributed by atoms with E-state index in [-0.39, 0.29) is 5.54 Å². The fourth-order valence-corrected chi connectivity index (χ4v) is 2.80. The number of rotatable bonds is 3. The minimum absolute atomic E-state index is 0.155. The lowest BCUT2D eigenvalue weighted by Crippen LogP contribution is -2.62. The van der Waals surface area contributed by atoms with Gasteiger partial charge in [-0.15, -0.1) is 0 Å². The van der Waals surface area contributed by atoms with Gasteiger partial charge in [-0.25, -0.2) is 4.98 Å². The molecular weight excluding hydrogens is 238 g/mol. The molecular formula is C15H27N3O. The van der Waals surface area contributed by atoms with Gasteiger partial charge in [0.05, 0.1) is 12.2 Å². The van der Waals surface area contributed by atoms with Crippen molar-refractivity contribution in [2.24, 2.45) is 5.92 Å². The van der Waals surface area contributed by atoms with Gasteiger partial charge in [-0.2, -0.15) is 0 Å². The van der Waals surface area contributed by atoms with Gasteiger partial charge in [0.2, 0.25) is 5.89 Å². The normalized spacial score (nSPS) is 24.1. The Balaban J connectivity index is 2.13. The highest BCUT2D eigenvalue weighted by Crippen LogP contribution is 2.22. The van der Waals surface area contributed by atoms with E-state index < -0.39 is 0 Å². The smallest absolute Gasteiger partial charge is 0.208 e. The molecule has 1 aromatic heterocycles. The van der Waals surface area contributed by atoms with E-state index in [1.165, 1.54) is 0 Å². The van der Waals surface area contributed by atoms with Crippen LogP contribution < -0.4 is 5.32 Å². The molecule has 1 saturated heterocycles. The van der Waals surface area contributed by atoms with E-state index in [0.717, 1.165) is 37.0 Å². The minimum atomic E-state index is 0.155. The standard InChI is InChI=1S/C15H27N3O/c1-10(2)13-7-16-15(5,6)9-18(13)8-14-17-11(3)12(4)19-14/h10,13,16H,7-9H2,1-6H3. The van der Waals surface area contributed by atoms with Crippen LogP contribution >= 0.6 is 0 Å². The number of hydrogen-bond acceptors (Lipinski definition) is 4. The van der Waals surface area contributed by atoms with Gasteiger partial charge in [0.15, 0.2) is 0 Å². The van der Waals surface area contributed by atoms with Crippen LogP contribution in [0.3, 0.4) is 0 Å². The molecule has 1 unspecified atom stereocenters. The zero-order valence-electron chi connectivity index (χ0n) is 13.1. The summed E-state index contributed by atoms with van der Waals surface area (Å²) in [4.78, 5) is 7.02. The first-order valence-corrected chi connectivity index (χ1v) is 7.20. The highest BCUT2D eigenvalue weighted by Gasteiger charge is 2.34. The summed E-state index contributed by atoms with van der Waals surface area (Å²) in [7, 11) is 0. The lowest BCUT2D eigenvalue weighted by molar-refractivity contribution is 0.0554. The van der Waals surface area contributed by atoms with Crippen molar-refractivity contribution in [3.8, 4) is 0 Å². The summed E-state index contributed by atoms with van der Waals surface area (Å²) in [6.07, 6.45) is 0. The molecule has 0 aliphatic carbocycles. The Bertz CT molecular complexity index is 417. The topological polar surface area (TPSA) is 41.3 Å². The molecule has 0 radical (unpaired) electrons. The third-order valence-corrected chi connectivity index (χ3v) is 4.04. The lowest BCUT2D eigenvalue weighted by atomic mass is 9.93. The molecule has 4 nitrogen and oxygen atoms in total. The van der Waals surface area contributed by atoms with Gasteiger partial charge in [-0.3, -0.25) is 4.90 Å². The summed E-state index contributed by atoms with van der Waals surface area (Å²) in [5.41, 5.74) is 1.16. The van der Waals surface area contributed by atoms with Crippen LogP contribution in [0.1, 0.15) is 45.0 Å². The maximum atomic E-state index is 5.74. The largest absolute Gasteiger partial charge is 0.444 e. The fraction of sp³-hybridized carbons (Fsp3) is 0.800. The predicted octanol–water partition coefficient (Wildman–Crippen LogP) is 2.50. The quantitative estimate of drug-likeness (QED) is 0.911. The van der Waals surface area contributed by atoms with Crippen LogP contribution in [0, 0.1) is 19.8 Å². The Morgan fingerprint density at radius 1 is 1.42 bits per heavy atom. The molecule has 1 atom stereocenters. The summed E-state index contributed by atoms with van der Waals surface area (Å²) in [5.74, 6) is 2.41. The van der Waals surface area contributed by atoms with Gasteiger partial charge in [-0.05, 0) is 33.6 Å². The number of nitrogens with one attached hydrogen (secondary N) is 1. The first-order chi connectivity index (χ1) is 8.78. The maximum Gasteiger partial charge on any atom is 0.208 e.